The Hall–Kier alpha value is -1.89. The smallest absolute Gasteiger partial charge is 0.325 e. The van der Waals surface area contributed by atoms with Crippen LogP contribution in [0.5, 0.6) is 0 Å². The van der Waals surface area contributed by atoms with Gasteiger partial charge in [-0.15, -0.1) is 0 Å². The first-order chi connectivity index (χ1) is 10.9. The van der Waals surface area contributed by atoms with Gasteiger partial charge in [0, 0.05) is 23.8 Å². The molecule has 2 rings (SSSR count). The first-order valence-electron chi connectivity index (χ1n) is 8.14. The number of carbonyl (C=O) groups excluding carboxylic acids is 1. The molecule has 0 spiro atoms. The average molecular weight is 322 g/mol. The molecule has 1 aliphatic rings. The van der Waals surface area contributed by atoms with E-state index < -0.39 is 11.2 Å². The second kappa shape index (κ2) is 7.59. The highest BCUT2D eigenvalue weighted by molar-refractivity contribution is 5.79. The lowest BCUT2D eigenvalue weighted by molar-refractivity contribution is -0.134. The summed E-state index contributed by atoms with van der Waals surface area (Å²) in [6.07, 6.45) is 4.14. The van der Waals surface area contributed by atoms with Gasteiger partial charge in [-0.3, -0.25) is 14.6 Å². The van der Waals surface area contributed by atoms with Crippen molar-refractivity contribution >= 4 is 5.91 Å². The van der Waals surface area contributed by atoms with Crippen molar-refractivity contribution in [3.63, 3.8) is 0 Å². The first kappa shape index (κ1) is 17.5. The van der Waals surface area contributed by atoms with E-state index >= 15 is 0 Å². The average Bonchev–Trinajstić information content (AvgIpc) is 2.48. The molecule has 1 unspecified atom stereocenters. The fourth-order valence-corrected chi connectivity index (χ4v) is 3.13. The third-order valence-corrected chi connectivity index (χ3v) is 4.44. The Morgan fingerprint density at radius 3 is 2.65 bits per heavy atom. The molecular weight excluding hydrogens is 296 g/mol. The molecule has 1 fully saturated rings. The molecule has 0 aromatic carbocycles. The Labute approximate surface area is 135 Å². The van der Waals surface area contributed by atoms with Crippen LogP contribution < -0.4 is 11.2 Å². The first-order valence-corrected chi connectivity index (χ1v) is 8.14. The summed E-state index contributed by atoms with van der Waals surface area (Å²) >= 11 is 0. The molecule has 0 saturated carbocycles. The molecule has 1 aliphatic heterocycles. The third kappa shape index (κ3) is 4.54. The van der Waals surface area contributed by atoms with Gasteiger partial charge in [-0.2, -0.15) is 0 Å². The van der Waals surface area contributed by atoms with Crippen LogP contribution in [-0.2, 0) is 11.2 Å². The van der Waals surface area contributed by atoms with Gasteiger partial charge in [0.25, 0.3) is 5.56 Å². The molecule has 1 amide bonds. The number of carbonyl (C=O) groups is 1. The molecule has 0 radical (unpaired) electrons. The maximum atomic E-state index is 12.7. The number of aryl methyl sites for hydroxylation is 1. The molecule has 2 heterocycles. The summed E-state index contributed by atoms with van der Waals surface area (Å²) < 4.78 is 0. The molecule has 0 aliphatic carbocycles. The highest BCUT2D eigenvalue weighted by Crippen LogP contribution is 2.21. The molecule has 1 aromatic rings. The van der Waals surface area contributed by atoms with E-state index in [0.29, 0.717) is 11.3 Å². The van der Waals surface area contributed by atoms with Crippen molar-refractivity contribution in [2.45, 2.75) is 45.1 Å². The summed E-state index contributed by atoms with van der Waals surface area (Å²) in [4.78, 5) is 44.6. The topological polar surface area (TPSA) is 89.3 Å². The number of likely N-dealkylation sites (tertiary alicyclic amines) is 1. The summed E-state index contributed by atoms with van der Waals surface area (Å²) in [5, 5.41) is 0. The van der Waals surface area contributed by atoms with Gasteiger partial charge < -0.3 is 14.8 Å². The Morgan fingerprint density at radius 1 is 1.26 bits per heavy atom. The number of hydrogen-bond acceptors (Lipinski definition) is 4. The van der Waals surface area contributed by atoms with Gasteiger partial charge in [-0.1, -0.05) is 0 Å². The number of piperidine rings is 1. The lowest BCUT2D eigenvalue weighted by Gasteiger charge is -2.36. The minimum absolute atomic E-state index is 0.0332. The van der Waals surface area contributed by atoms with E-state index in [1.54, 1.807) is 6.92 Å². The number of amides is 1. The highest BCUT2D eigenvalue weighted by atomic mass is 16.2. The number of rotatable bonds is 5. The summed E-state index contributed by atoms with van der Waals surface area (Å²) in [6.45, 7) is 3.34. The van der Waals surface area contributed by atoms with Crippen LogP contribution in [0.2, 0.25) is 0 Å². The molecular formula is C16H26N4O3. The molecule has 7 heteroatoms. The molecule has 0 bridgehead atoms. The second-order valence-electron chi connectivity index (χ2n) is 6.52. The summed E-state index contributed by atoms with van der Waals surface area (Å²) in [7, 11) is 4.05. The SMILES string of the molecule is Cc1[nH]c(=O)[nH]c(=O)c1CC(=O)N1CCCCC1CCN(C)C. The van der Waals surface area contributed by atoms with Crippen molar-refractivity contribution in [1.82, 2.24) is 19.8 Å². The van der Waals surface area contributed by atoms with Crippen LogP contribution in [-0.4, -0.2) is 58.9 Å². The van der Waals surface area contributed by atoms with Crippen LogP contribution in [0.3, 0.4) is 0 Å². The van der Waals surface area contributed by atoms with E-state index in [-0.39, 0.29) is 18.4 Å². The maximum absolute atomic E-state index is 12.7. The molecule has 1 saturated heterocycles. The summed E-state index contributed by atoms with van der Waals surface area (Å²) in [6, 6.07) is 0.237. The van der Waals surface area contributed by atoms with E-state index in [9.17, 15) is 14.4 Å². The van der Waals surface area contributed by atoms with Crippen LogP contribution in [0.15, 0.2) is 9.59 Å². The van der Waals surface area contributed by atoms with Crippen molar-refractivity contribution < 1.29 is 4.79 Å². The molecule has 1 aromatic heterocycles. The van der Waals surface area contributed by atoms with E-state index in [1.807, 2.05) is 19.0 Å². The predicted octanol–water partition coefficient (Wildman–Crippen LogP) is 0.247. The number of nitrogens with zero attached hydrogens (tertiary/aromatic N) is 2. The lowest BCUT2D eigenvalue weighted by atomic mass is 9.98. The molecule has 23 heavy (non-hydrogen) atoms. The van der Waals surface area contributed by atoms with E-state index in [2.05, 4.69) is 14.9 Å². The number of aromatic nitrogens is 2. The fraction of sp³-hybridized carbons (Fsp3) is 0.688. The number of nitrogens with one attached hydrogen (secondary N) is 2. The molecule has 1 atom stereocenters. The highest BCUT2D eigenvalue weighted by Gasteiger charge is 2.27. The maximum Gasteiger partial charge on any atom is 0.325 e. The number of aromatic amines is 2. The van der Waals surface area contributed by atoms with Crippen molar-refractivity contribution in [3.05, 3.63) is 32.1 Å². The number of H-pyrrole nitrogens is 2. The minimum Gasteiger partial charge on any atom is -0.339 e. The van der Waals surface area contributed by atoms with Crippen LogP contribution in [0, 0.1) is 6.92 Å². The largest absolute Gasteiger partial charge is 0.339 e. The standard InChI is InChI=1S/C16H26N4O3/c1-11-13(15(22)18-16(23)17-11)10-14(21)20-8-5-4-6-12(20)7-9-19(2)3/h12H,4-10H2,1-3H3,(H2,17,18,22,23). The van der Waals surface area contributed by atoms with Crippen molar-refractivity contribution in [3.8, 4) is 0 Å². The number of hydrogen-bond donors (Lipinski definition) is 2. The van der Waals surface area contributed by atoms with Gasteiger partial charge in [0.2, 0.25) is 5.91 Å². The van der Waals surface area contributed by atoms with Gasteiger partial charge >= 0.3 is 5.69 Å². The molecule has 2 N–H and O–H groups in total. The van der Waals surface area contributed by atoms with E-state index in [4.69, 9.17) is 0 Å². The molecule has 128 valence electrons. The van der Waals surface area contributed by atoms with Gasteiger partial charge in [0.1, 0.15) is 0 Å². The quantitative estimate of drug-likeness (QED) is 0.813. The predicted molar refractivity (Wildman–Crippen MR) is 88.6 cm³/mol. The Balaban J connectivity index is 2.12. The van der Waals surface area contributed by atoms with Crippen LogP contribution in [0.1, 0.15) is 36.9 Å². The second-order valence-corrected chi connectivity index (χ2v) is 6.52. The zero-order chi connectivity index (χ0) is 17.0. The molecule has 7 nitrogen and oxygen atoms in total. The van der Waals surface area contributed by atoms with Crippen LogP contribution in [0.25, 0.3) is 0 Å². The third-order valence-electron chi connectivity index (χ3n) is 4.44. The van der Waals surface area contributed by atoms with E-state index in [1.165, 1.54) is 0 Å². The van der Waals surface area contributed by atoms with Crippen LogP contribution in [0.4, 0.5) is 0 Å². The Kier molecular flexibility index (Phi) is 5.76. The monoisotopic (exact) mass is 322 g/mol. The van der Waals surface area contributed by atoms with E-state index in [0.717, 1.165) is 38.8 Å². The van der Waals surface area contributed by atoms with Crippen molar-refractivity contribution in [2.24, 2.45) is 0 Å². The van der Waals surface area contributed by atoms with Gasteiger partial charge in [-0.05, 0) is 53.2 Å². The lowest BCUT2D eigenvalue weighted by Crippen LogP contribution is -2.46. The van der Waals surface area contributed by atoms with Crippen molar-refractivity contribution in [1.29, 1.82) is 0 Å². The van der Waals surface area contributed by atoms with Gasteiger partial charge in [0.15, 0.2) is 0 Å². The zero-order valence-corrected chi connectivity index (χ0v) is 14.1. The van der Waals surface area contributed by atoms with Gasteiger partial charge in [-0.25, -0.2) is 4.79 Å². The Morgan fingerprint density at radius 2 is 2.00 bits per heavy atom. The van der Waals surface area contributed by atoms with Crippen molar-refractivity contribution in [2.75, 3.05) is 27.2 Å². The minimum atomic E-state index is -0.537. The Bertz CT molecular complexity index is 662. The summed E-state index contributed by atoms with van der Waals surface area (Å²) in [5.41, 5.74) is -0.188. The fourth-order valence-electron chi connectivity index (χ4n) is 3.13. The summed E-state index contributed by atoms with van der Waals surface area (Å²) in [5.74, 6) is -0.0332. The zero-order valence-electron chi connectivity index (χ0n) is 14.1. The normalized spacial score (nSPS) is 18.4. The van der Waals surface area contributed by atoms with Crippen LogP contribution >= 0.6 is 0 Å². The van der Waals surface area contributed by atoms with Gasteiger partial charge in [0.05, 0.1) is 6.42 Å².